The van der Waals surface area contributed by atoms with E-state index in [1.165, 1.54) is 11.8 Å². The second-order valence-electron chi connectivity index (χ2n) is 8.08. The molecule has 0 spiro atoms. The molecule has 0 saturated heterocycles. The van der Waals surface area contributed by atoms with E-state index in [1.807, 2.05) is 86.6 Å². The molecule has 178 valence electrons. The normalized spacial score (nSPS) is 11.5. The first-order valence-corrected chi connectivity index (χ1v) is 12.5. The van der Waals surface area contributed by atoms with E-state index in [2.05, 4.69) is 17.6 Å². The number of nitrogens with one attached hydrogen (secondary N) is 2. The summed E-state index contributed by atoms with van der Waals surface area (Å²) in [7, 11) is 0. The van der Waals surface area contributed by atoms with Crippen molar-refractivity contribution in [2.75, 3.05) is 17.2 Å². The van der Waals surface area contributed by atoms with Crippen molar-refractivity contribution in [3.05, 3.63) is 83.9 Å². The van der Waals surface area contributed by atoms with Crippen molar-refractivity contribution in [2.24, 2.45) is 0 Å². The van der Waals surface area contributed by atoms with Crippen LogP contribution in [-0.4, -0.2) is 23.7 Å². The standard InChI is InChI=1S/C28H32N2O3S/c1-4-6-18-33-24-16-14-22(15-17-24)29-28(32)26(5-2)34-25-9-7-8-23(19-25)30-27(31)21-12-10-20(3)11-13-21/h7-17,19,26H,4-6,18H2,1-3H3,(H,29,32)(H,30,31). The number of thioether (sulfide) groups is 1. The molecular formula is C28H32N2O3S. The molecule has 3 aromatic rings. The molecular weight excluding hydrogens is 444 g/mol. The Balaban J connectivity index is 1.58. The third-order valence-electron chi connectivity index (χ3n) is 5.24. The summed E-state index contributed by atoms with van der Waals surface area (Å²) in [6, 6.07) is 22.5. The predicted octanol–water partition coefficient (Wildman–Crippen LogP) is 6.94. The van der Waals surface area contributed by atoms with Crippen LogP contribution in [0.2, 0.25) is 0 Å². The smallest absolute Gasteiger partial charge is 0.255 e. The van der Waals surface area contributed by atoms with Crippen molar-refractivity contribution in [2.45, 2.75) is 50.2 Å². The van der Waals surface area contributed by atoms with Gasteiger partial charge in [0.2, 0.25) is 5.91 Å². The molecule has 2 amide bonds. The number of aryl methyl sites for hydroxylation is 1. The maximum atomic E-state index is 12.9. The second kappa shape index (κ2) is 12.8. The molecule has 0 aliphatic heterocycles. The van der Waals surface area contributed by atoms with Crippen LogP contribution in [0.5, 0.6) is 5.75 Å². The molecule has 0 aliphatic rings. The minimum Gasteiger partial charge on any atom is -0.494 e. The van der Waals surface area contributed by atoms with Crippen LogP contribution < -0.4 is 15.4 Å². The van der Waals surface area contributed by atoms with Gasteiger partial charge < -0.3 is 15.4 Å². The quantitative estimate of drug-likeness (QED) is 0.232. The summed E-state index contributed by atoms with van der Waals surface area (Å²) in [5, 5.41) is 5.67. The number of hydrogen-bond acceptors (Lipinski definition) is 4. The molecule has 0 aromatic heterocycles. The van der Waals surface area contributed by atoms with E-state index in [-0.39, 0.29) is 17.1 Å². The van der Waals surface area contributed by atoms with Crippen LogP contribution in [0.3, 0.4) is 0 Å². The first-order chi connectivity index (χ1) is 16.5. The fourth-order valence-electron chi connectivity index (χ4n) is 3.23. The molecule has 0 radical (unpaired) electrons. The third kappa shape index (κ3) is 7.66. The number of anilines is 2. The topological polar surface area (TPSA) is 67.4 Å². The Morgan fingerprint density at radius 3 is 2.32 bits per heavy atom. The minimum atomic E-state index is -0.261. The van der Waals surface area contributed by atoms with Gasteiger partial charge in [-0.05, 0) is 74.4 Å². The zero-order chi connectivity index (χ0) is 24.3. The Kier molecular flexibility index (Phi) is 9.59. The van der Waals surface area contributed by atoms with Gasteiger partial charge in [-0.15, -0.1) is 11.8 Å². The fourth-order valence-corrected chi connectivity index (χ4v) is 4.25. The van der Waals surface area contributed by atoms with Crippen LogP contribution in [-0.2, 0) is 4.79 Å². The van der Waals surface area contributed by atoms with Crippen molar-refractivity contribution in [3.63, 3.8) is 0 Å². The van der Waals surface area contributed by atoms with E-state index in [0.29, 0.717) is 24.3 Å². The first kappa shape index (κ1) is 25.4. The van der Waals surface area contributed by atoms with Gasteiger partial charge in [-0.2, -0.15) is 0 Å². The molecule has 3 rings (SSSR count). The molecule has 0 bridgehead atoms. The van der Waals surface area contributed by atoms with Crippen molar-refractivity contribution < 1.29 is 14.3 Å². The van der Waals surface area contributed by atoms with Crippen LogP contribution in [0, 0.1) is 6.92 Å². The molecule has 3 aromatic carbocycles. The number of carbonyl (C=O) groups is 2. The number of hydrogen-bond donors (Lipinski definition) is 2. The van der Waals surface area contributed by atoms with Crippen molar-refractivity contribution in [1.82, 2.24) is 0 Å². The number of rotatable bonds is 11. The van der Waals surface area contributed by atoms with Gasteiger partial charge in [0.25, 0.3) is 5.91 Å². The van der Waals surface area contributed by atoms with Crippen molar-refractivity contribution in [3.8, 4) is 5.75 Å². The van der Waals surface area contributed by atoms with E-state index < -0.39 is 0 Å². The van der Waals surface area contributed by atoms with Gasteiger partial charge in [0.1, 0.15) is 5.75 Å². The Bertz CT molecular complexity index is 1080. The highest BCUT2D eigenvalue weighted by molar-refractivity contribution is 8.00. The molecule has 0 aliphatic carbocycles. The van der Waals surface area contributed by atoms with Gasteiger partial charge in [0.05, 0.1) is 11.9 Å². The van der Waals surface area contributed by atoms with Crippen LogP contribution in [0.15, 0.2) is 77.7 Å². The van der Waals surface area contributed by atoms with Gasteiger partial charge in [0.15, 0.2) is 0 Å². The molecule has 1 atom stereocenters. The second-order valence-corrected chi connectivity index (χ2v) is 9.35. The molecule has 1 unspecified atom stereocenters. The summed E-state index contributed by atoms with van der Waals surface area (Å²) in [4.78, 5) is 26.3. The number of ether oxygens (including phenoxy) is 1. The number of amides is 2. The van der Waals surface area contributed by atoms with Gasteiger partial charge in [-0.25, -0.2) is 0 Å². The first-order valence-electron chi connectivity index (χ1n) is 11.7. The lowest BCUT2D eigenvalue weighted by Crippen LogP contribution is -2.24. The van der Waals surface area contributed by atoms with Crippen molar-refractivity contribution >= 4 is 35.0 Å². The van der Waals surface area contributed by atoms with Gasteiger partial charge in [-0.1, -0.05) is 44.0 Å². The third-order valence-corrected chi connectivity index (χ3v) is 6.59. The molecule has 2 N–H and O–H groups in total. The summed E-state index contributed by atoms with van der Waals surface area (Å²) >= 11 is 1.48. The maximum Gasteiger partial charge on any atom is 0.255 e. The predicted molar refractivity (Wildman–Crippen MR) is 141 cm³/mol. The summed E-state index contributed by atoms with van der Waals surface area (Å²) in [5.41, 5.74) is 3.15. The van der Waals surface area contributed by atoms with E-state index >= 15 is 0 Å². The van der Waals surface area contributed by atoms with Gasteiger partial charge in [0, 0.05) is 21.8 Å². The number of benzene rings is 3. The SMILES string of the molecule is CCCCOc1ccc(NC(=O)C(CC)Sc2cccc(NC(=O)c3ccc(C)cc3)c2)cc1. The van der Waals surface area contributed by atoms with Crippen LogP contribution >= 0.6 is 11.8 Å². The molecule has 0 heterocycles. The van der Waals surface area contributed by atoms with E-state index in [9.17, 15) is 9.59 Å². The minimum absolute atomic E-state index is 0.0544. The van der Waals surface area contributed by atoms with Crippen molar-refractivity contribution in [1.29, 1.82) is 0 Å². The largest absolute Gasteiger partial charge is 0.494 e. The molecule has 34 heavy (non-hydrogen) atoms. The molecule has 0 fully saturated rings. The van der Waals surface area contributed by atoms with Crippen LogP contribution in [0.25, 0.3) is 0 Å². The van der Waals surface area contributed by atoms with E-state index in [0.717, 1.165) is 34.7 Å². The lowest BCUT2D eigenvalue weighted by molar-refractivity contribution is -0.115. The average Bonchev–Trinajstić information content (AvgIpc) is 2.84. The molecule has 5 nitrogen and oxygen atoms in total. The van der Waals surface area contributed by atoms with Crippen LogP contribution in [0.4, 0.5) is 11.4 Å². The average molecular weight is 477 g/mol. The highest BCUT2D eigenvalue weighted by Gasteiger charge is 2.18. The Labute approximate surface area is 206 Å². The highest BCUT2D eigenvalue weighted by Crippen LogP contribution is 2.29. The van der Waals surface area contributed by atoms with Gasteiger partial charge >= 0.3 is 0 Å². The zero-order valence-corrected chi connectivity index (χ0v) is 20.8. The number of carbonyl (C=O) groups excluding carboxylic acids is 2. The lowest BCUT2D eigenvalue weighted by atomic mass is 10.1. The Hall–Kier alpha value is -3.25. The van der Waals surface area contributed by atoms with Crippen LogP contribution in [0.1, 0.15) is 49.0 Å². The number of unbranched alkanes of at least 4 members (excludes halogenated alkanes) is 1. The summed E-state index contributed by atoms with van der Waals surface area (Å²) in [6.45, 7) is 6.80. The monoisotopic (exact) mass is 476 g/mol. The highest BCUT2D eigenvalue weighted by atomic mass is 32.2. The summed E-state index contributed by atoms with van der Waals surface area (Å²) < 4.78 is 5.68. The molecule has 0 saturated carbocycles. The van der Waals surface area contributed by atoms with E-state index in [1.54, 1.807) is 0 Å². The lowest BCUT2D eigenvalue weighted by Gasteiger charge is -2.16. The van der Waals surface area contributed by atoms with Gasteiger partial charge in [-0.3, -0.25) is 9.59 Å². The zero-order valence-electron chi connectivity index (χ0n) is 20.0. The fraction of sp³-hybridized carbons (Fsp3) is 0.286. The Morgan fingerprint density at radius 1 is 0.912 bits per heavy atom. The Morgan fingerprint density at radius 2 is 1.65 bits per heavy atom. The van der Waals surface area contributed by atoms with E-state index in [4.69, 9.17) is 4.74 Å². The summed E-state index contributed by atoms with van der Waals surface area (Å²) in [6.07, 6.45) is 2.78. The summed E-state index contributed by atoms with van der Waals surface area (Å²) in [5.74, 6) is 0.590. The maximum absolute atomic E-state index is 12.9. The molecule has 6 heteroatoms.